The molecule has 0 bridgehead atoms. The van der Waals surface area contributed by atoms with Crippen molar-refractivity contribution in [2.45, 2.75) is 46.2 Å². The second kappa shape index (κ2) is 9.16. The van der Waals surface area contributed by atoms with E-state index in [0.717, 1.165) is 24.3 Å². The molecule has 2 aromatic heterocycles. The van der Waals surface area contributed by atoms with Crippen LogP contribution in [0.5, 0.6) is 5.88 Å². The maximum Gasteiger partial charge on any atom is 0.228 e. The largest absolute Gasteiger partial charge is 0.493 e. The molecular weight excluding hydrogens is 428 g/mol. The lowest BCUT2D eigenvalue weighted by Crippen LogP contribution is -2.48. The Bertz CT molecular complexity index is 1160. The molecule has 1 saturated carbocycles. The zero-order chi connectivity index (χ0) is 23.8. The quantitative estimate of drug-likeness (QED) is 0.575. The zero-order valence-electron chi connectivity index (χ0n) is 20.3. The highest BCUT2D eigenvalue weighted by Gasteiger charge is 2.29. The summed E-state index contributed by atoms with van der Waals surface area (Å²) in [4.78, 5) is 28.1. The Labute approximate surface area is 200 Å². The van der Waals surface area contributed by atoms with Gasteiger partial charge in [0.25, 0.3) is 0 Å². The van der Waals surface area contributed by atoms with Gasteiger partial charge in [0, 0.05) is 58.4 Å². The van der Waals surface area contributed by atoms with Crippen LogP contribution in [0.3, 0.4) is 0 Å². The number of hydrogen-bond donors (Lipinski definition) is 1. The Morgan fingerprint density at radius 3 is 2.44 bits per heavy atom. The molecule has 0 spiro atoms. The van der Waals surface area contributed by atoms with Gasteiger partial charge in [0.15, 0.2) is 0 Å². The molecular formula is C26H34N6O2. The van der Waals surface area contributed by atoms with E-state index < -0.39 is 0 Å². The van der Waals surface area contributed by atoms with Gasteiger partial charge in [-0.05, 0) is 38.2 Å². The van der Waals surface area contributed by atoms with Crippen LogP contribution in [0.25, 0.3) is 10.9 Å². The molecule has 0 atom stereocenters. The van der Waals surface area contributed by atoms with Crippen LogP contribution in [0.2, 0.25) is 0 Å². The number of rotatable bonds is 7. The van der Waals surface area contributed by atoms with Gasteiger partial charge in [-0.1, -0.05) is 30.3 Å². The van der Waals surface area contributed by atoms with Crippen LogP contribution in [0.4, 0.5) is 11.8 Å². The summed E-state index contributed by atoms with van der Waals surface area (Å²) in [6.45, 7) is 10.1. The van der Waals surface area contributed by atoms with Crippen molar-refractivity contribution in [1.82, 2.24) is 19.4 Å². The maximum atomic E-state index is 11.8. The molecule has 8 nitrogen and oxygen atoms in total. The van der Waals surface area contributed by atoms with Crippen molar-refractivity contribution in [3.05, 3.63) is 42.1 Å². The normalized spacial score (nSPS) is 16.5. The van der Waals surface area contributed by atoms with Gasteiger partial charge < -0.3 is 24.4 Å². The summed E-state index contributed by atoms with van der Waals surface area (Å²) in [6.07, 6.45) is 4.49. The summed E-state index contributed by atoms with van der Waals surface area (Å²) in [7, 11) is 0. The fourth-order valence-electron chi connectivity index (χ4n) is 4.70. The Morgan fingerprint density at radius 1 is 1.12 bits per heavy atom. The molecule has 34 heavy (non-hydrogen) atoms. The van der Waals surface area contributed by atoms with Crippen molar-refractivity contribution >= 4 is 28.6 Å². The van der Waals surface area contributed by atoms with E-state index in [-0.39, 0.29) is 17.8 Å². The Balaban J connectivity index is 1.57. The number of hydrogen-bond acceptors (Lipinski definition) is 6. The topological polar surface area (TPSA) is 77.7 Å². The smallest absolute Gasteiger partial charge is 0.228 e. The summed E-state index contributed by atoms with van der Waals surface area (Å²) < 4.78 is 1.87. The van der Waals surface area contributed by atoms with E-state index in [1.807, 2.05) is 21.7 Å². The van der Waals surface area contributed by atoms with E-state index >= 15 is 0 Å². The number of piperazine rings is 1. The van der Waals surface area contributed by atoms with Gasteiger partial charge >= 0.3 is 0 Å². The highest BCUT2D eigenvalue weighted by Crippen LogP contribution is 2.38. The summed E-state index contributed by atoms with van der Waals surface area (Å²) in [6, 6.07) is 10.6. The number of anilines is 2. The highest BCUT2D eigenvalue weighted by molar-refractivity contribution is 5.94. The predicted molar refractivity (Wildman–Crippen MR) is 134 cm³/mol. The molecule has 1 aromatic carbocycles. The number of benzene rings is 1. The van der Waals surface area contributed by atoms with Gasteiger partial charge in [-0.25, -0.2) is 4.98 Å². The van der Waals surface area contributed by atoms with Crippen LogP contribution in [-0.4, -0.2) is 63.2 Å². The molecule has 2 aliphatic rings. The van der Waals surface area contributed by atoms with E-state index in [4.69, 9.17) is 9.97 Å². The molecule has 0 radical (unpaired) electrons. The van der Waals surface area contributed by atoms with E-state index in [2.05, 4.69) is 47.9 Å². The first-order valence-electron chi connectivity index (χ1n) is 12.3. The third-order valence-corrected chi connectivity index (χ3v) is 6.89. The van der Waals surface area contributed by atoms with Crippen molar-refractivity contribution in [2.75, 3.05) is 42.5 Å². The molecule has 5 rings (SSSR count). The average Bonchev–Trinajstić information content (AvgIpc) is 3.59. The zero-order valence-corrected chi connectivity index (χ0v) is 20.3. The summed E-state index contributed by atoms with van der Waals surface area (Å²) in [5.74, 6) is 2.46. The standard InChI is InChI=1S/C26H34N6O2/c1-18(2)32-17-22-23(25(32)34)27-26(30-13-11-29(12-14-30)19(3)33)28-24(22)31(16-21-9-10-21)15-20-7-5-4-6-8-20/h4-8,17-18,21,34H,9-16H2,1-3H3. The fraction of sp³-hybridized carbons (Fsp3) is 0.500. The van der Waals surface area contributed by atoms with Crippen molar-refractivity contribution in [3.8, 4) is 5.88 Å². The summed E-state index contributed by atoms with van der Waals surface area (Å²) in [5.41, 5.74) is 1.83. The van der Waals surface area contributed by atoms with Crippen LogP contribution < -0.4 is 9.80 Å². The maximum absolute atomic E-state index is 11.8. The molecule has 0 unspecified atom stereocenters. The lowest BCUT2D eigenvalue weighted by molar-refractivity contribution is -0.129. The minimum atomic E-state index is 0.0989. The Morgan fingerprint density at radius 2 is 1.82 bits per heavy atom. The molecule has 1 N–H and O–H groups in total. The first kappa shape index (κ1) is 22.5. The molecule has 3 heterocycles. The Hall–Kier alpha value is -3.29. The number of amides is 1. The third-order valence-electron chi connectivity index (χ3n) is 6.89. The van der Waals surface area contributed by atoms with Gasteiger partial charge in [0.05, 0.1) is 5.39 Å². The lowest BCUT2D eigenvalue weighted by atomic mass is 10.2. The first-order chi connectivity index (χ1) is 16.4. The molecule has 1 saturated heterocycles. The number of carbonyl (C=O) groups is 1. The third kappa shape index (κ3) is 4.54. The van der Waals surface area contributed by atoms with E-state index in [0.29, 0.717) is 43.6 Å². The number of nitrogens with zero attached hydrogens (tertiary/aromatic N) is 6. The number of aromatic hydroxyl groups is 1. The van der Waals surface area contributed by atoms with Crippen molar-refractivity contribution < 1.29 is 9.90 Å². The fourth-order valence-corrected chi connectivity index (χ4v) is 4.70. The van der Waals surface area contributed by atoms with Crippen LogP contribution in [0.1, 0.15) is 45.2 Å². The van der Waals surface area contributed by atoms with Gasteiger partial charge in [-0.2, -0.15) is 4.98 Å². The number of carbonyl (C=O) groups excluding carboxylic acids is 1. The molecule has 1 aliphatic heterocycles. The lowest BCUT2D eigenvalue weighted by Gasteiger charge is -2.34. The summed E-state index contributed by atoms with van der Waals surface area (Å²) >= 11 is 0. The van der Waals surface area contributed by atoms with Gasteiger partial charge in [-0.3, -0.25) is 4.79 Å². The van der Waals surface area contributed by atoms with E-state index in [9.17, 15) is 9.90 Å². The average molecular weight is 463 g/mol. The van der Waals surface area contributed by atoms with Gasteiger partial charge in [0.1, 0.15) is 11.3 Å². The van der Waals surface area contributed by atoms with Gasteiger partial charge in [0.2, 0.25) is 17.7 Å². The van der Waals surface area contributed by atoms with Crippen LogP contribution in [0, 0.1) is 5.92 Å². The Kier molecular flexibility index (Phi) is 6.06. The highest BCUT2D eigenvalue weighted by atomic mass is 16.3. The van der Waals surface area contributed by atoms with Crippen molar-refractivity contribution in [1.29, 1.82) is 0 Å². The minimum Gasteiger partial charge on any atom is -0.493 e. The monoisotopic (exact) mass is 462 g/mol. The molecule has 8 heteroatoms. The second-order valence-electron chi connectivity index (χ2n) is 9.87. The van der Waals surface area contributed by atoms with Crippen LogP contribution >= 0.6 is 0 Å². The molecule has 1 aliphatic carbocycles. The second-order valence-corrected chi connectivity index (χ2v) is 9.87. The molecule has 180 valence electrons. The number of aromatic nitrogens is 3. The van der Waals surface area contributed by atoms with E-state index in [1.165, 1.54) is 18.4 Å². The van der Waals surface area contributed by atoms with Crippen LogP contribution in [0.15, 0.2) is 36.5 Å². The first-order valence-corrected chi connectivity index (χ1v) is 12.3. The minimum absolute atomic E-state index is 0.0989. The SMILES string of the molecule is CC(=O)N1CCN(c2nc(N(Cc3ccccc3)CC3CC3)c3cn(C(C)C)c(O)c3n2)CC1. The molecule has 1 amide bonds. The van der Waals surface area contributed by atoms with Gasteiger partial charge in [-0.15, -0.1) is 0 Å². The van der Waals surface area contributed by atoms with Crippen molar-refractivity contribution in [3.63, 3.8) is 0 Å². The van der Waals surface area contributed by atoms with Crippen LogP contribution in [-0.2, 0) is 11.3 Å². The summed E-state index contributed by atoms with van der Waals surface area (Å²) in [5, 5.41) is 12.0. The van der Waals surface area contributed by atoms with Crippen molar-refractivity contribution in [2.24, 2.45) is 5.92 Å². The number of fused-ring (bicyclic) bond motifs is 1. The molecule has 2 fully saturated rings. The predicted octanol–water partition coefficient (Wildman–Crippen LogP) is 3.80. The molecule has 3 aromatic rings. The van der Waals surface area contributed by atoms with E-state index in [1.54, 1.807) is 6.92 Å².